The Morgan fingerprint density at radius 2 is 2.04 bits per heavy atom. The summed E-state index contributed by atoms with van der Waals surface area (Å²) in [6.07, 6.45) is -0.735. The van der Waals surface area contributed by atoms with E-state index in [1.165, 1.54) is 12.1 Å². The SMILES string of the molecule is CCC[C@H]1c2cccn2CCN1C(=O)Nc1cccc(C(F)(F)F)c1. The first-order chi connectivity index (χ1) is 11.9. The number of carbonyl (C=O) groups is 1. The van der Waals surface area contributed by atoms with Crippen LogP contribution in [0.5, 0.6) is 0 Å². The average molecular weight is 351 g/mol. The lowest BCUT2D eigenvalue weighted by molar-refractivity contribution is -0.137. The number of hydrogen-bond donors (Lipinski definition) is 1. The van der Waals surface area contributed by atoms with Gasteiger partial charge in [-0.15, -0.1) is 0 Å². The molecule has 1 aromatic heterocycles. The van der Waals surface area contributed by atoms with Crippen molar-refractivity contribution >= 4 is 11.7 Å². The summed E-state index contributed by atoms with van der Waals surface area (Å²) in [5, 5.41) is 2.61. The number of hydrogen-bond acceptors (Lipinski definition) is 1. The smallest absolute Gasteiger partial charge is 0.348 e. The molecule has 0 unspecified atom stereocenters. The standard InChI is InChI=1S/C18H20F3N3O/c1-2-5-16-15-8-4-9-23(15)10-11-24(16)17(25)22-14-7-3-6-13(12-14)18(19,20)21/h3-4,6-9,12,16H,2,5,10-11H2,1H3,(H,22,25)/t16-/m0/s1. The molecule has 7 heteroatoms. The highest BCUT2D eigenvalue weighted by Crippen LogP contribution is 2.32. The minimum absolute atomic E-state index is 0.0699. The van der Waals surface area contributed by atoms with Crippen LogP contribution in [0.2, 0.25) is 0 Å². The predicted molar refractivity (Wildman–Crippen MR) is 89.2 cm³/mol. The summed E-state index contributed by atoms with van der Waals surface area (Å²) >= 11 is 0. The maximum absolute atomic E-state index is 12.8. The van der Waals surface area contributed by atoms with Crippen LogP contribution in [0.25, 0.3) is 0 Å². The number of halogens is 3. The minimum atomic E-state index is -4.43. The minimum Gasteiger partial charge on any atom is -0.348 e. The fourth-order valence-electron chi connectivity index (χ4n) is 3.25. The summed E-state index contributed by atoms with van der Waals surface area (Å²) < 4.78 is 40.6. The van der Waals surface area contributed by atoms with Crippen molar-refractivity contribution < 1.29 is 18.0 Å². The van der Waals surface area contributed by atoms with Crippen molar-refractivity contribution in [2.24, 2.45) is 0 Å². The van der Waals surface area contributed by atoms with E-state index in [4.69, 9.17) is 0 Å². The predicted octanol–water partition coefficient (Wildman–Crippen LogP) is 4.90. The Labute approximate surface area is 144 Å². The lowest BCUT2D eigenvalue weighted by Crippen LogP contribution is -2.44. The zero-order valence-electron chi connectivity index (χ0n) is 13.9. The highest BCUT2D eigenvalue weighted by atomic mass is 19.4. The van der Waals surface area contributed by atoms with E-state index in [0.29, 0.717) is 13.1 Å². The molecule has 1 N–H and O–H groups in total. The van der Waals surface area contributed by atoms with E-state index in [1.807, 2.05) is 25.3 Å². The summed E-state index contributed by atoms with van der Waals surface area (Å²) in [4.78, 5) is 14.4. The molecule has 1 atom stereocenters. The molecule has 0 spiro atoms. The molecule has 1 aromatic carbocycles. The van der Waals surface area contributed by atoms with Crippen LogP contribution in [0.4, 0.5) is 23.7 Å². The second-order valence-electron chi connectivity index (χ2n) is 6.13. The molecule has 2 heterocycles. The molecule has 3 rings (SSSR count). The molecular weight excluding hydrogens is 331 g/mol. The molecule has 2 aromatic rings. The molecule has 0 aliphatic carbocycles. The summed E-state index contributed by atoms with van der Waals surface area (Å²) in [5.74, 6) is 0. The number of urea groups is 1. The number of nitrogens with zero attached hydrogens (tertiary/aromatic N) is 2. The van der Waals surface area contributed by atoms with E-state index in [0.717, 1.165) is 30.7 Å². The van der Waals surface area contributed by atoms with Gasteiger partial charge in [-0.3, -0.25) is 0 Å². The second kappa shape index (κ2) is 6.82. The number of alkyl halides is 3. The Morgan fingerprint density at radius 3 is 2.76 bits per heavy atom. The van der Waals surface area contributed by atoms with Crippen LogP contribution < -0.4 is 5.32 Å². The number of amides is 2. The van der Waals surface area contributed by atoms with Gasteiger partial charge in [0.1, 0.15) is 0 Å². The molecule has 0 bridgehead atoms. The van der Waals surface area contributed by atoms with E-state index < -0.39 is 11.7 Å². The first kappa shape index (κ1) is 17.4. The maximum atomic E-state index is 12.8. The van der Waals surface area contributed by atoms with E-state index in [1.54, 1.807) is 4.90 Å². The number of carbonyl (C=O) groups excluding carboxylic acids is 1. The fourth-order valence-corrected chi connectivity index (χ4v) is 3.25. The Balaban J connectivity index is 1.79. The van der Waals surface area contributed by atoms with Gasteiger partial charge in [0.05, 0.1) is 11.6 Å². The molecule has 0 radical (unpaired) electrons. The van der Waals surface area contributed by atoms with Crippen LogP contribution in [0.15, 0.2) is 42.6 Å². The van der Waals surface area contributed by atoms with Gasteiger partial charge >= 0.3 is 12.2 Å². The Hall–Kier alpha value is -2.44. The molecule has 0 fully saturated rings. The summed E-state index contributed by atoms with van der Waals surface area (Å²) in [7, 11) is 0. The van der Waals surface area contributed by atoms with E-state index in [9.17, 15) is 18.0 Å². The van der Waals surface area contributed by atoms with Gasteiger partial charge in [-0.1, -0.05) is 19.4 Å². The molecule has 25 heavy (non-hydrogen) atoms. The van der Waals surface area contributed by atoms with Crippen molar-refractivity contribution in [3.63, 3.8) is 0 Å². The summed E-state index contributed by atoms with van der Waals surface area (Å²) in [6.45, 7) is 3.25. The highest BCUT2D eigenvalue weighted by Gasteiger charge is 2.32. The van der Waals surface area contributed by atoms with Gasteiger partial charge in [0.15, 0.2) is 0 Å². The summed E-state index contributed by atoms with van der Waals surface area (Å²) in [5.41, 5.74) is 0.436. The van der Waals surface area contributed by atoms with E-state index in [-0.39, 0.29) is 17.8 Å². The molecular formula is C18H20F3N3O. The lowest BCUT2D eigenvalue weighted by Gasteiger charge is -2.37. The number of anilines is 1. The first-order valence-electron chi connectivity index (χ1n) is 8.30. The van der Waals surface area contributed by atoms with Gasteiger partial charge in [0.25, 0.3) is 0 Å². The van der Waals surface area contributed by atoms with Crippen LogP contribution in [0.1, 0.15) is 37.1 Å². The average Bonchev–Trinajstić information content (AvgIpc) is 3.04. The number of benzene rings is 1. The van der Waals surface area contributed by atoms with Crippen molar-refractivity contribution in [1.29, 1.82) is 0 Å². The third-order valence-electron chi connectivity index (χ3n) is 4.43. The maximum Gasteiger partial charge on any atom is 0.416 e. The Bertz CT molecular complexity index is 754. The lowest BCUT2D eigenvalue weighted by atomic mass is 10.0. The van der Waals surface area contributed by atoms with E-state index >= 15 is 0 Å². The molecule has 0 saturated heterocycles. The highest BCUT2D eigenvalue weighted by molar-refractivity contribution is 5.89. The van der Waals surface area contributed by atoms with Crippen LogP contribution >= 0.6 is 0 Å². The van der Waals surface area contributed by atoms with Crippen LogP contribution in [-0.2, 0) is 12.7 Å². The van der Waals surface area contributed by atoms with E-state index in [2.05, 4.69) is 9.88 Å². The van der Waals surface area contributed by atoms with Crippen molar-refractivity contribution in [3.05, 3.63) is 53.9 Å². The second-order valence-corrected chi connectivity index (χ2v) is 6.13. The van der Waals surface area contributed by atoms with Crippen molar-refractivity contribution in [3.8, 4) is 0 Å². The number of fused-ring (bicyclic) bond motifs is 1. The Kier molecular flexibility index (Phi) is 4.74. The van der Waals surface area contributed by atoms with Crippen molar-refractivity contribution in [2.75, 3.05) is 11.9 Å². The molecule has 4 nitrogen and oxygen atoms in total. The molecule has 0 saturated carbocycles. The monoisotopic (exact) mass is 351 g/mol. The topological polar surface area (TPSA) is 37.3 Å². The van der Waals surface area contributed by atoms with Gasteiger partial charge in [-0.05, 0) is 36.8 Å². The number of nitrogens with one attached hydrogen (secondary N) is 1. The zero-order chi connectivity index (χ0) is 18.0. The van der Waals surface area contributed by atoms with Crippen molar-refractivity contribution in [2.45, 2.75) is 38.5 Å². The number of aromatic nitrogens is 1. The van der Waals surface area contributed by atoms with Crippen molar-refractivity contribution in [1.82, 2.24) is 9.47 Å². The van der Waals surface area contributed by atoms with Gasteiger partial charge in [-0.25, -0.2) is 4.79 Å². The third-order valence-corrected chi connectivity index (χ3v) is 4.43. The van der Waals surface area contributed by atoms with Gasteiger partial charge in [0.2, 0.25) is 0 Å². The Morgan fingerprint density at radius 1 is 1.24 bits per heavy atom. The first-order valence-corrected chi connectivity index (χ1v) is 8.30. The van der Waals surface area contributed by atoms with Gasteiger partial charge < -0.3 is 14.8 Å². The summed E-state index contributed by atoms with van der Waals surface area (Å²) in [6, 6.07) is 8.21. The third kappa shape index (κ3) is 3.65. The quantitative estimate of drug-likeness (QED) is 0.839. The molecule has 2 amide bonds. The molecule has 1 aliphatic heterocycles. The zero-order valence-corrected chi connectivity index (χ0v) is 13.9. The normalized spacial score (nSPS) is 17.3. The van der Waals surface area contributed by atoms with Crippen LogP contribution in [0, 0.1) is 0 Å². The molecule has 1 aliphatic rings. The number of rotatable bonds is 3. The van der Waals surface area contributed by atoms with Gasteiger partial charge in [-0.2, -0.15) is 13.2 Å². The van der Waals surface area contributed by atoms with Gasteiger partial charge in [0, 0.05) is 30.7 Å². The fraction of sp³-hybridized carbons (Fsp3) is 0.389. The van der Waals surface area contributed by atoms with Crippen LogP contribution in [0.3, 0.4) is 0 Å². The largest absolute Gasteiger partial charge is 0.416 e. The van der Waals surface area contributed by atoms with Crippen LogP contribution in [-0.4, -0.2) is 22.0 Å². The molecule has 134 valence electrons.